The lowest BCUT2D eigenvalue weighted by molar-refractivity contribution is 0.164. The smallest absolute Gasteiger partial charge is 0.226 e. The van der Waals surface area contributed by atoms with Crippen LogP contribution in [0, 0.1) is 5.92 Å². The number of halogens is 1. The number of nitrogens with one attached hydrogen (secondary N) is 2. The predicted octanol–water partition coefficient (Wildman–Crippen LogP) is 1.19. The van der Waals surface area contributed by atoms with Gasteiger partial charge in [-0.25, -0.2) is 4.98 Å². The summed E-state index contributed by atoms with van der Waals surface area (Å²) in [6, 6.07) is 0. The van der Waals surface area contributed by atoms with Gasteiger partial charge in [-0.1, -0.05) is 0 Å². The minimum absolute atomic E-state index is 0.146. The molecule has 0 aliphatic heterocycles. The summed E-state index contributed by atoms with van der Waals surface area (Å²) in [5, 5.41) is 13.0. The fourth-order valence-corrected chi connectivity index (χ4v) is 1.95. The number of aromatic amines is 1. The Kier molecular flexibility index (Phi) is 2.60. The van der Waals surface area contributed by atoms with E-state index in [4.69, 9.17) is 11.6 Å². The number of hydrogen-bond donors (Lipinski definition) is 3. The number of aliphatic hydroxyl groups is 1. The van der Waals surface area contributed by atoms with Crippen molar-refractivity contribution >= 4 is 28.6 Å². The number of H-pyrrole nitrogens is 1. The highest BCUT2D eigenvalue weighted by molar-refractivity contribution is 6.28. The van der Waals surface area contributed by atoms with Gasteiger partial charge in [0.1, 0.15) is 5.52 Å². The van der Waals surface area contributed by atoms with Crippen LogP contribution in [-0.4, -0.2) is 37.7 Å². The third-order valence-corrected chi connectivity index (χ3v) is 3.07. The summed E-state index contributed by atoms with van der Waals surface area (Å²) in [7, 11) is 0. The van der Waals surface area contributed by atoms with E-state index in [1.54, 1.807) is 0 Å². The maximum Gasteiger partial charge on any atom is 0.226 e. The first-order valence-corrected chi connectivity index (χ1v) is 5.90. The molecule has 6 nitrogen and oxygen atoms in total. The van der Waals surface area contributed by atoms with Crippen molar-refractivity contribution in [1.82, 2.24) is 19.9 Å². The first kappa shape index (κ1) is 10.7. The second kappa shape index (κ2) is 4.12. The highest BCUT2D eigenvalue weighted by Crippen LogP contribution is 2.32. The van der Waals surface area contributed by atoms with E-state index in [0.717, 1.165) is 12.8 Å². The molecule has 17 heavy (non-hydrogen) atoms. The maximum atomic E-state index is 9.78. The summed E-state index contributed by atoms with van der Waals surface area (Å²) in [5.41, 5.74) is 1.23. The van der Waals surface area contributed by atoms with Gasteiger partial charge in [0.05, 0.1) is 12.4 Å². The summed E-state index contributed by atoms with van der Waals surface area (Å²) >= 11 is 5.79. The van der Waals surface area contributed by atoms with Gasteiger partial charge in [-0.3, -0.25) is 0 Å². The number of aliphatic hydroxyl groups excluding tert-OH is 1. The molecule has 1 aliphatic rings. The Hall–Kier alpha value is -1.40. The fourth-order valence-electron chi connectivity index (χ4n) is 1.78. The van der Waals surface area contributed by atoms with E-state index >= 15 is 0 Å². The molecule has 7 heteroatoms. The summed E-state index contributed by atoms with van der Waals surface area (Å²) < 4.78 is 0. The van der Waals surface area contributed by atoms with Crippen molar-refractivity contribution in [1.29, 1.82) is 0 Å². The Balaban J connectivity index is 1.80. The SMILES string of the molecule is OC(CNc1nc(Cl)nc2nc[nH]c12)C1CC1. The lowest BCUT2D eigenvalue weighted by atomic mass is 10.2. The van der Waals surface area contributed by atoms with Crippen LogP contribution in [0.4, 0.5) is 5.82 Å². The molecule has 3 N–H and O–H groups in total. The van der Waals surface area contributed by atoms with Crippen molar-refractivity contribution in [2.75, 3.05) is 11.9 Å². The van der Waals surface area contributed by atoms with Crippen molar-refractivity contribution < 1.29 is 5.11 Å². The summed E-state index contributed by atoms with van der Waals surface area (Å²) in [6.07, 6.45) is 3.42. The molecule has 90 valence electrons. The van der Waals surface area contributed by atoms with Crippen molar-refractivity contribution in [3.8, 4) is 0 Å². The molecular weight excluding hydrogens is 242 g/mol. The van der Waals surface area contributed by atoms with Gasteiger partial charge in [0.2, 0.25) is 5.28 Å². The van der Waals surface area contributed by atoms with Crippen LogP contribution in [0.2, 0.25) is 5.28 Å². The molecule has 3 rings (SSSR count). The van der Waals surface area contributed by atoms with E-state index in [1.165, 1.54) is 6.33 Å². The zero-order valence-corrected chi connectivity index (χ0v) is 9.78. The van der Waals surface area contributed by atoms with Crippen LogP contribution < -0.4 is 5.32 Å². The lowest BCUT2D eigenvalue weighted by Crippen LogP contribution is -2.22. The molecule has 2 aromatic heterocycles. The number of hydrogen-bond acceptors (Lipinski definition) is 5. The van der Waals surface area contributed by atoms with Crippen molar-refractivity contribution in [3.05, 3.63) is 11.6 Å². The Morgan fingerprint density at radius 2 is 2.35 bits per heavy atom. The summed E-state index contributed by atoms with van der Waals surface area (Å²) in [4.78, 5) is 15.0. The van der Waals surface area contributed by atoms with Crippen molar-refractivity contribution in [2.24, 2.45) is 5.92 Å². The minimum Gasteiger partial charge on any atom is -0.391 e. The molecule has 1 fully saturated rings. The maximum absolute atomic E-state index is 9.78. The quantitative estimate of drug-likeness (QED) is 0.713. The molecule has 0 bridgehead atoms. The number of nitrogens with zero attached hydrogens (tertiary/aromatic N) is 3. The Labute approximate surface area is 102 Å². The highest BCUT2D eigenvalue weighted by atomic mass is 35.5. The van der Waals surface area contributed by atoms with E-state index < -0.39 is 0 Å². The standard InChI is InChI=1S/C10H12ClN5O/c11-10-15-8(7-9(16-10)14-4-13-7)12-3-6(17)5-1-2-5/h4-6,17H,1-3H2,(H2,12,13,14,15,16). The molecule has 2 aromatic rings. The third-order valence-electron chi connectivity index (χ3n) is 2.90. The van der Waals surface area contributed by atoms with Crippen LogP contribution in [0.3, 0.4) is 0 Å². The average Bonchev–Trinajstić information content (AvgIpc) is 3.05. The third kappa shape index (κ3) is 2.18. The molecule has 0 aromatic carbocycles. The molecule has 0 spiro atoms. The molecule has 0 saturated heterocycles. The molecule has 0 amide bonds. The summed E-state index contributed by atoms with van der Waals surface area (Å²) in [6.45, 7) is 0.464. The van der Waals surface area contributed by atoms with Crippen molar-refractivity contribution in [3.63, 3.8) is 0 Å². The van der Waals surface area contributed by atoms with E-state index in [9.17, 15) is 5.11 Å². The second-order valence-electron chi connectivity index (χ2n) is 4.23. The van der Waals surface area contributed by atoms with Crippen LogP contribution in [0.25, 0.3) is 11.2 Å². The van der Waals surface area contributed by atoms with Gasteiger partial charge in [0.25, 0.3) is 0 Å². The van der Waals surface area contributed by atoms with Crippen LogP contribution in [0.15, 0.2) is 6.33 Å². The van der Waals surface area contributed by atoms with Crippen LogP contribution in [-0.2, 0) is 0 Å². The topological polar surface area (TPSA) is 86.7 Å². The van der Waals surface area contributed by atoms with Crippen LogP contribution in [0.1, 0.15) is 12.8 Å². The van der Waals surface area contributed by atoms with E-state index in [0.29, 0.717) is 29.4 Å². The van der Waals surface area contributed by atoms with E-state index in [-0.39, 0.29) is 11.4 Å². The predicted molar refractivity (Wildman–Crippen MR) is 63.9 cm³/mol. The van der Waals surface area contributed by atoms with E-state index in [1.807, 2.05) is 0 Å². The van der Waals surface area contributed by atoms with Crippen LogP contribution >= 0.6 is 11.6 Å². The number of imidazole rings is 1. The van der Waals surface area contributed by atoms with Gasteiger partial charge in [-0.05, 0) is 30.4 Å². The zero-order chi connectivity index (χ0) is 11.8. The minimum atomic E-state index is -0.332. The van der Waals surface area contributed by atoms with Gasteiger partial charge >= 0.3 is 0 Å². The average molecular weight is 254 g/mol. The molecule has 1 atom stereocenters. The number of aromatic nitrogens is 4. The van der Waals surface area contributed by atoms with Gasteiger partial charge in [0.15, 0.2) is 11.5 Å². The largest absolute Gasteiger partial charge is 0.391 e. The molecule has 1 aliphatic carbocycles. The normalized spacial score (nSPS) is 17.3. The Morgan fingerprint density at radius 1 is 1.53 bits per heavy atom. The van der Waals surface area contributed by atoms with Gasteiger partial charge in [0, 0.05) is 6.54 Å². The molecule has 1 saturated carbocycles. The van der Waals surface area contributed by atoms with E-state index in [2.05, 4.69) is 25.3 Å². The summed E-state index contributed by atoms with van der Waals surface area (Å²) in [5.74, 6) is 1.01. The van der Waals surface area contributed by atoms with Gasteiger partial charge in [-0.15, -0.1) is 0 Å². The Morgan fingerprint density at radius 3 is 3.12 bits per heavy atom. The van der Waals surface area contributed by atoms with Crippen molar-refractivity contribution in [2.45, 2.75) is 18.9 Å². The second-order valence-corrected chi connectivity index (χ2v) is 4.57. The molecular formula is C10H12ClN5O. The first-order valence-electron chi connectivity index (χ1n) is 5.52. The number of anilines is 1. The van der Waals surface area contributed by atoms with Crippen LogP contribution in [0.5, 0.6) is 0 Å². The van der Waals surface area contributed by atoms with Gasteiger partial charge in [-0.2, -0.15) is 9.97 Å². The Bertz CT molecular complexity index is 538. The monoisotopic (exact) mass is 253 g/mol. The first-order chi connectivity index (χ1) is 8.24. The lowest BCUT2D eigenvalue weighted by Gasteiger charge is -2.11. The molecule has 0 radical (unpaired) electrons. The molecule has 1 unspecified atom stereocenters. The fraction of sp³-hybridized carbons (Fsp3) is 0.500. The highest BCUT2D eigenvalue weighted by Gasteiger charge is 2.29. The number of rotatable bonds is 4. The molecule has 2 heterocycles. The number of fused-ring (bicyclic) bond motifs is 1. The van der Waals surface area contributed by atoms with Gasteiger partial charge < -0.3 is 15.4 Å². The zero-order valence-electron chi connectivity index (χ0n) is 9.02.